The molecule has 1 N–H and O–H groups in total. The topological polar surface area (TPSA) is 42.7 Å². The van der Waals surface area contributed by atoms with Crippen LogP contribution >= 0.6 is 0 Å². The lowest BCUT2D eigenvalue weighted by Gasteiger charge is -2.07. The molecule has 0 spiro atoms. The first-order valence-electron chi connectivity index (χ1n) is 5.76. The van der Waals surface area contributed by atoms with E-state index in [0.717, 1.165) is 18.8 Å². The molecule has 0 aliphatic rings. The lowest BCUT2D eigenvalue weighted by atomic mass is 10.1. The van der Waals surface area contributed by atoms with E-state index in [1.54, 1.807) is 0 Å². The van der Waals surface area contributed by atoms with E-state index in [1.165, 1.54) is 16.8 Å². The summed E-state index contributed by atoms with van der Waals surface area (Å²) in [4.78, 5) is 4.14. The van der Waals surface area contributed by atoms with E-state index in [-0.39, 0.29) is 0 Å². The van der Waals surface area contributed by atoms with Gasteiger partial charge in [-0.1, -0.05) is 0 Å². The summed E-state index contributed by atoms with van der Waals surface area (Å²) in [6.45, 7) is 5.78. The number of hydrogen-bond acceptors (Lipinski definition) is 3. The van der Waals surface area contributed by atoms with E-state index in [9.17, 15) is 0 Å². The SMILES string of the molecule is Cc1cc(CNCc2cnccc2C)n(C)n1. The maximum atomic E-state index is 4.32. The molecule has 2 aromatic rings. The summed E-state index contributed by atoms with van der Waals surface area (Å²) in [5.74, 6) is 0. The molecule has 0 fully saturated rings. The average molecular weight is 230 g/mol. The molecular weight excluding hydrogens is 212 g/mol. The highest BCUT2D eigenvalue weighted by Gasteiger charge is 2.02. The van der Waals surface area contributed by atoms with Gasteiger partial charge in [-0.3, -0.25) is 9.67 Å². The number of nitrogens with zero attached hydrogens (tertiary/aromatic N) is 3. The molecule has 2 heterocycles. The third kappa shape index (κ3) is 2.91. The number of nitrogens with one attached hydrogen (secondary N) is 1. The fraction of sp³-hybridized carbons (Fsp3) is 0.385. The minimum absolute atomic E-state index is 0.825. The lowest BCUT2D eigenvalue weighted by Crippen LogP contribution is -2.16. The van der Waals surface area contributed by atoms with Crippen LogP contribution in [0.1, 0.15) is 22.5 Å². The standard InChI is InChI=1S/C13H18N4/c1-10-4-5-14-7-12(10)8-15-9-13-6-11(2)16-17(13)3/h4-7,15H,8-9H2,1-3H3. The second-order valence-corrected chi connectivity index (χ2v) is 4.31. The van der Waals surface area contributed by atoms with Crippen LogP contribution in [-0.2, 0) is 20.1 Å². The van der Waals surface area contributed by atoms with Crippen molar-refractivity contribution in [2.45, 2.75) is 26.9 Å². The fourth-order valence-electron chi connectivity index (χ4n) is 1.84. The smallest absolute Gasteiger partial charge is 0.0597 e. The Balaban J connectivity index is 1.92. The molecule has 0 bridgehead atoms. The van der Waals surface area contributed by atoms with Crippen molar-refractivity contribution in [2.75, 3.05) is 0 Å². The fourth-order valence-corrected chi connectivity index (χ4v) is 1.84. The van der Waals surface area contributed by atoms with E-state index in [2.05, 4.69) is 28.4 Å². The molecule has 0 amide bonds. The van der Waals surface area contributed by atoms with E-state index < -0.39 is 0 Å². The van der Waals surface area contributed by atoms with Crippen molar-refractivity contribution in [3.05, 3.63) is 47.0 Å². The molecule has 0 aliphatic heterocycles. The molecular formula is C13H18N4. The molecule has 0 atom stereocenters. The average Bonchev–Trinajstić information content (AvgIpc) is 2.60. The van der Waals surface area contributed by atoms with Crippen molar-refractivity contribution < 1.29 is 0 Å². The predicted octanol–water partition coefficient (Wildman–Crippen LogP) is 1.72. The van der Waals surface area contributed by atoms with Crippen LogP contribution in [0.4, 0.5) is 0 Å². The molecule has 17 heavy (non-hydrogen) atoms. The molecule has 4 nitrogen and oxygen atoms in total. The first kappa shape index (κ1) is 11.8. The molecule has 90 valence electrons. The summed E-state index contributed by atoms with van der Waals surface area (Å²) < 4.78 is 1.92. The summed E-state index contributed by atoms with van der Waals surface area (Å²) in [5, 5.41) is 7.73. The molecule has 0 radical (unpaired) electrons. The summed E-state index contributed by atoms with van der Waals surface area (Å²) in [5.41, 5.74) is 4.77. The van der Waals surface area contributed by atoms with Crippen molar-refractivity contribution >= 4 is 0 Å². The quantitative estimate of drug-likeness (QED) is 0.869. The second kappa shape index (κ2) is 5.10. The summed E-state index contributed by atoms with van der Waals surface area (Å²) in [6, 6.07) is 4.13. The van der Waals surface area contributed by atoms with Gasteiger partial charge in [-0.05, 0) is 37.1 Å². The summed E-state index contributed by atoms with van der Waals surface area (Å²) in [7, 11) is 1.97. The van der Waals surface area contributed by atoms with Crippen LogP contribution in [0.5, 0.6) is 0 Å². The number of hydrogen-bond donors (Lipinski definition) is 1. The molecule has 0 aromatic carbocycles. The number of rotatable bonds is 4. The van der Waals surface area contributed by atoms with Gasteiger partial charge in [-0.15, -0.1) is 0 Å². The zero-order chi connectivity index (χ0) is 12.3. The summed E-state index contributed by atoms with van der Waals surface area (Å²) >= 11 is 0. The Morgan fingerprint density at radius 2 is 2.12 bits per heavy atom. The first-order valence-corrected chi connectivity index (χ1v) is 5.76. The van der Waals surface area contributed by atoms with E-state index in [0.29, 0.717) is 0 Å². The number of pyridine rings is 1. The Morgan fingerprint density at radius 1 is 1.29 bits per heavy atom. The Kier molecular flexibility index (Phi) is 3.54. The van der Waals surface area contributed by atoms with Crippen molar-refractivity contribution in [3.8, 4) is 0 Å². The highest BCUT2D eigenvalue weighted by atomic mass is 15.3. The van der Waals surface area contributed by atoms with Crippen LogP contribution in [0.25, 0.3) is 0 Å². The second-order valence-electron chi connectivity index (χ2n) is 4.31. The zero-order valence-corrected chi connectivity index (χ0v) is 10.6. The van der Waals surface area contributed by atoms with Gasteiger partial charge in [-0.25, -0.2) is 0 Å². The van der Waals surface area contributed by atoms with Crippen molar-refractivity contribution in [1.82, 2.24) is 20.1 Å². The minimum Gasteiger partial charge on any atom is -0.307 e. The van der Waals surface area contributed by atoms with Gasteiger partial charge in [0.1, 0.15) is 0 Å². The van der Waals surface area contributed by atoms with Crippen LogP contribution in [-0.4, -0.2) is 14.8 Å². The number of aromatic nitrogens is 3. The third-order valence-corrected chi connectivity index (χ3v) is 2.87. The van der Waals surface area contributed by atoms with Gasteiger partial charge in [0.25, 0.3) is 0 Å². The van der Waals surface area contributed by atoms with Crippen molar-refractivity contribution in [2.24, 2.45) is 7.05 Å². The molecule has 0 saturated carbocycles. The van der Waals surface area contributed by atoms with Gasteiger partial charge in [0.05, 0.1) is 11.4 Å². The Hall–Kier alpha value is -1.68. The normalized spacial score (nSPS) is 10.8. The molecule has 2 rings (SSSR count). The Morgan fingerprint density at radius 3 is 2.76 bits per heavy atom. The van der Waals surface area contributed by atoms with Gasteiger partial charge < -0.3 is 5.32 Å². The lowest BCUT2D eigenvalue weighted by molar-refractivity contribution is 0.622. The van der Waals surface area contributed by atoms with E-state index in [4.69, 9.17) is 0 Å². The van der Waals surface area contributed by atoms with Gasteiger partial charge in [-0.2, -0.15) is 5.10 Å². The predicted molar refractivity (Wildman–Crippen MR) is 67.5 cm³/mol. The van der Waals surface area contributed by atoms with Crippen molar-refractivity contribution in [3.63, 3.8) is 0 Å². The molecule has 4 heteroatoms. The zero-order valence-electron chi connectivity index (χ0n) is 10.6. The Bertz CT molecular complexity index is 502. The first-order chi connectivity index (χ1) is 8.16. The third-order valence-electron chi connectivity index (χ3n) is 2.87. The van der Waals surface area contributed by atoms with E-state index >= 15 is 0 Å². The van der Waals surface area contributed by atoms with E-state index in [1.807, 2.05) is 37.1 Å². The van der Waals surface area contributed by atoms with Crippen LogP contribution in [0, 0.1) is 13.8 Å². The van der Waals surface area contributed by atoms with Gasteiger partial charge in [0, 0.05) is 32.5 Å². The van der Waals surface area contributed by atoms with Gasteiger partial charge >= 0.3 is 0 Å². The van der Waals surface area contributed by atoms with Gasteiger partial charge in [0.15, 0.2) is 0 Å². The van der Waals surface area contributed by atoms with Gasteiger partial charge in [0.2, 0.25) is 0 Å². The molecule has 0 unspecified atom stereocenters. The molecule has 0 aliphatic carbocycles. The monoisotopic (exact) mass is 230 g/mol. The maximum absolute atomic E-state index is 4.32. The van der Waals surface area contributed by atoms with Crippen LogP contribution in [0.2, 0.25) is 0 Å². The molecule has 0 saturated heterocycles. The maximum Gasteiger partial charge on any atom is 0.0597 e. The van der Waals surface area contributed by atoms with Crippen molar-refractivity contribution in [1.29, 1.82) is 0 Å². The van der Waals surface area contributed by atoms with Crippen LogP contribution < -0.4 is 5.32 Å². The van der Waals surface area contributed by atoms with Crippen LogP contribution in [0.15, 0.2) is 24.5 Å². The highest BCUT2D eigenvalue weighted by molar-refractivity contribution is 5.21. The largest absolute Gasteiger partial charge is 0.307 e. The Labute approximate surface area is 102 Å². The summed E-state index contributed by atoms with van der Waals surface area (Å²) in [6.07, 6.45) is 3.74. The highest BCUT2D eigenvalue weighted by Crippen LogP contribution is 2.05. The molecule has 2 aromatic heterocycles. The van der Waals surface area contributed by atoms with Crippen LogP contribution in [0.3, 0.4) is 0 Å². The minimum atomic E-state index is 0.825. The number of aryl methyl sites for hydroxylation is 3.